The SMILES string of the molecule is C1=CC(c2cnccc2C2C=CC(c3c4ccccc4c(-c4ccc5ccccc5c4)c4ccccc34)=C3C=CC=CC32)=[N+]=C1. The molecule has 2 atom stereocenters. The summed E-state index contributed by atoms with van der Waals surface area (Å²) >= 11 is 0. The standard InChI is InChI=1S/C43H29N2/c1-2-11-29-26-30(20-19-28(29)10-1)42-35-14-5-7-16-37(35)43(38-17-8-6-15-36(38)42)39-22-21-33(31-12-3-4-13-32(31)39)34-23-25-44-27-40(34)41-18-9-24-45-41/h1-27,31,33H/q+1. The second kappa shape index (κ2) is 10.4. The lowest BCUT2D eigenvalue weighted by atomic mass is 9.71. The number of benzene rings is 5. The first kappa shape index (κ1) is 25.7. The van der Waals surface area contributed by atoms with Crippen LogP contribution in [0.3, 0.4) is 0 Å². The van der Waals surface area contributed by atoms with Gasteiger partial charge in [-0.2, -0.15) is 0 Å². The van der Waals surface area contributed by atoms with Crippen molar-refractivity contribution in [2.24, 2.45) is 5.92 Å². The topological polar surface area (TPSA) is 27.0 Å². The molecule has 0 fully saturated rings. The molecule has 2 nitrogen and oxygen atoms in total. The van der Waals surface area contributed by atoms with Gasteiger partial charge in [0.05, 0.1) is 5.56 Å². The molecule has 0 saturated heterocycles. The molecule has 5 aromatic carbocycles. The van der Waals surface area contributed by atoms with E-state index in [1.54, 1.807) is 0 Å². The zero-order valence-corrected chi connectivity index (χ0v) is 24.6. The van der Waals surface area contributed by atoms with E-state index in [2.05, 4.69) is 149 Å². The van der Waals surface area contributed by atoms with Gasteiger partial charge in [-0.3, -0.25) is 4.98 Å². The predicted molar refractivity (Wildman–Crippen MR) is 191 cm³/mol. The molecule has 2 unspecified atom stereocenters. The first-order valence-electron chi connectivity index (χ1n) is 15.6. The van der Waals surface area contributed by atoms with Gasteiger partial charge < -0.3 is 0 Å². The zero-order valence-electron chi connectivity index (χ0n) is 24.6. The fourth-order valence-electron chi connectivity index (χ4n) is 7.53. The lowest BCUT2D eigenvalue weighted by Gasteiger charge is -2.32. The summed E-state index contributed by atoms with van der Waals surface area (Å²) in [6.07, 6.45) is 23.6. The van der Waals surface area contributed by atoms with Crippen molar-refractivity contribution in [3.8, 4) is 11.1 Å². The molecule has 0 N–H and O–H groups in total. The Morgan fingerprint density at radius 3 is 2.07 bits per heavy atom. The molecule has 1 aliphatic heterocycles. The van der Waals surface area contributed by atoms with Gasteiger partial charge in [-0.25, -0.2) is 0 Å². The second-order valence-electron chi connectivity index (χ2n) is 11.9. The van der Waals surface area contributed by atoms with Crippen LogP contribution in [0.5, 0.6) is 0 Å². The minimum absolute atomic E-state index is 0.175. The van der Waals surface area contributed by atoms with Crippen LogP contribution in [0.15, 0.2) is 164 Å². The van der Waals surface area contributed by atoms with E-state index in [0.717, 1.165) is 11.3 Å². The molecule has 0 amide bonds. The number of allylic oxidation sites excluding steroid dienone is 10. The van der Waals surface area contributed by atoms with Crippen molar-refractivity contribution < 1.29 is 0 Å². The third-order valence-corrected chi connectivity index (χ3v) is 9.52. The molecule has 0 spiro atoms. The van der Waals surface area contributed by atoms with Gasteiger partial charge in [0.25, 0.3) is 6.21 Å². The smallest absolute Gasteiger partial charge is 0.264 e. The van der Waals surface area contributed by atoms with Crippen LogP contribution in [0.25, 0.3) is 49.0 Å². The van der Waals surface area contributed by atoms with Gasteiger partial charge in [0.15, 0.2) is 0 Å². The number of aromatic nitrogens is 1. The highest BCUT2D eigenvalue weighted by molar-refractivity contribution is 6.20. The highest BCUT2D eigenvalue weighted by Gasteiger charge is 2.33. The molecule has 2 heteroatoms. The fraction of sp³-hybridized carbons (Fsp3) is 0.0465. The van der Waals surface area contributed by atoms with E-state index in [0.29, 0.717) is 0 Å². The molecule has 210 valence electrons. The Hall–Kier alpha value is -5.82. The summed E-state index contributed by atoms with van der Waals surface area (Å²) in [6.45, 7) is 0. The molecule has 3 aliphatic rings. The van der Waals surface area contributed by atoms with Crippen molar-refractivity contribution in [3.63, 3.8) is 0 Å². The normalized spacial score (nSPS) is 18.4. The van der Waals surface area contributed by atoms with Crippen molar-refractivity contribution in [2.45, 2.75) is 5.92 Å². The maximum atomic E-state index is 4.62. The molecule has 0 radical (unpaired) electrons. The maximum absolute atomic E-state index is 4.62. The van der Waals surface area contributed by atoms with Crippen molar-refractivity contribution in [3.05, 3.63) is 180 Å². The minimum Gasteiger partial charge on any atom is -0.264 e. The lowest BCUT2D eigenvalue weighted by Crippen LogP contribution is -2.19. The first-order valence-corrected chi connectivity index (χ1v) is 15.6. The van der Waals surface area contributed by atoms with Gasteiger partial charge in [-0.05, 0) is 77.9 Å². The van der Waals surface area contributed by atoms with Gasteiger partial charge in [-0.1, -0.05) is 126 Å². The highest BCUT2D eigenvalue weighted by atomic mass is 14.7. The largest absolute Gasteiger partial charge is 0.336 e. The highest BCUT2D eigenvalue weighted by Crippen LogP contribution is 2.48. The van der Waals surface area contributed by atoms with Crippen LogP contribution in [0.2, 0.25) is 0 Å². The molecule has 0 saturated carbocycles. The van der Waals surface area contributed by atoms with Gasteiger partial charge in [0, 0.05) is 36.4 Å². The van der Waals surface area contributed by atoms with E-state index in [-0.39, 0.29) is 11.8 Å². The van der Waals surface area contributed by atoms with Crippen molar-refractivity contribution in [1.29, 1.82) is 0 Å². The van der Waals surface area contributed by atoms with Crippen molar-refractivity contribution >= 4 is 49.8 Å². The summed E-state index contributed by atoms with van der Waals surface area (Å²) in [5.41, 5.74) is 9.79. The Morgan fingerprint density at radius 2 is 1.31 bits per heavy atom. The number of nitrogens with zero attached hydrogens (tertiary/aromatic N) is 2. The van der Waals surface area contributed by atoms with E-state index in [1.165, 1.54) is 65.7 Å². The third kappa shape index (κ3) is 4.12. The van der Waals surface area contributed by atoms with E-state index < -0.39 is 0 Å². The average Bonchev–Trinajstić information content (AvgIpc) is 3.65. The number of hydrogen-bond acceptors (Lipinski definition) is 1. The quantitative estimate of drug-likeness (QED) is 0.152. The number of hydrogen-bond donors (Lipinski definition) is 0. The van der Waals surface area contributed by atoms with Crippen LogP contribution in [0, 0.1) is 5.92 Å². The van der Waals surface area contributed by atoms with Crippen LogP contribution in [-0.2, 0) is 0 Å². The molecular weight excluding hydrogens is 544 g/mol. The first-order chi connectivity index (χ1) is 22.3. The van der Waals surface area contributed by atoms with Gasteiger partial charge in [0.2, 0.25) is 0 Å². The van der Waals surface area contributed by atoms with Crippen LogP contribution in [0.4, 0.5) is 0 Å². The molecule has 2 aliphatic carbocycles. The monoisotopic (exact) mass is 573 g/mol. The van der Waals surface area contributed by atoms with Gasteiger partial charge in [-0.15, -0.1) is 0 Å². The van der Waals surface area contributed by atoms with Crippen LogP contribution >= 0.6 is 0 Å². The van der Waals surface area contributed by atoms with Crippen molar-refractivity contribution in [1.82, 2.24) is 9.65 Å². The van der Waals surface area contributed by atoms with Crippen LogP contribution < -0.4 is 4.67 Å². The average molecular weight is 574 g/mol. The Balaban J connectivity index is 1.28. The number of fused-ring (bicyclic) bond motifs is 4. The van der Waals surface area contributed by atoms with Gasteiger partial charge >= 0.3 is 5.71 Å². The Bertz CT molecular complexity index is 2370. The van der Waals surface area contributed by atoms with E-state index in [4.69, 9.17) is 0 Å². The lowest BCUT2D eigenvalue weighted by molar-refractivity contribution is 0.672. The Labute approximate surface area is 262 Å². The summed E-state index contributed by atoms with van der Waals surface area (Å²) in [5.74, 6) is 0.373. The van der Waals surface area contributed by atoms with E-state index in [1.807, 2.05) is 24.7 Å². The molecule has 1 aromatic heterocycles. The molecule has 2 heterocycles. The minimum atomic E-state index is 0.175. The van der Waals surface area contributed by atoms with Crippen molar-refractivity contribution in [2.75, 3.05) is 0 Å². The molecule has 9 rings (SSSR count). The Morgan fingerprint density at radius 1 is 0.578 bits per heavy atom. The fourth-order valence-corrected chi connectivity index (χ4v) is 7.53. The second-order valence-corrected chi connectivity index (χ2v) is 11.9. The summed E-state index contributed by atoms with van der Waals surface area (Å²) < 4.78 is 4.62. The summed E-state index contributed by atoms with van der Waals surface area (Å²) in [6, 6.07) is 35.5. The third-order valence-electron chi connectivity index (χ3n) is 9.52. The van der Waals surface area contributed by atoms with E-state index in [9.17, 15) is 0 Å². The zero-order chi connectivity index (χ0) is 29.7. The van der Waals surface area contributed by atoms with E-state index >= 15 is 0 Å². The summed E-state index contributed by atoms with van der Waals surface area (Å²) in [7, 11) is 0. The molecular formula is C43H29N2+. The molecule has 45 heavy (non-hydrogen) atoms. The number of pyridine rings is 1. The molecule has 0 bridgehead atoms. The number of rotatable bonds is 4. The predicted octanol–water partition coefficient (Wildman–Crippen LogP) is 9.55. The summed E-state index contributed by atoms with van der Waals surface area (Å²) in [4.78, 5) is 4.47. The molecule has 6 aromatic rings. The van der Waals surface area contributed by atoms with Crippen LogP contribution in [-0.4, -0.2) is 16.9 Å². The Kier molecular flexibility index (Phi) is 5.94. The summed E-state index contributed by atoms with van der Waals surface area (Å²) in [5, 5.41) is 7.61. The van der Waals surface area contributed by atoms with Crippen LogP contribution in [0.1, 0.15) is 22.6 Å². The van der Waals surface area contributed by atoms with Gasteiger partial charge in [0.1, 0.15) is 0 Å². The maximum Gasteiger partial charge on any atom is 0.336 e.